The van der Waals surface area contributed by atoms with Gasteiger partial charge in [0.2, 0.25) is 0 Å². The third-order valence-corrected chi connectivity index (χ3v) is 5.75. The third kappa shape index (κ3) is 4.07. The molecular weight excluding hydrogens is 414 g/mol. The van der Waals surface area contributed by atoms with E-state index in [0.717, 1.165) is 10.8 Å². The molecular formula is C25H22ClNO4. The van der Waals surface area contributed by atoms with Gasteiger partial charge in [-0.1, -0.05) is 60.1 Å². The lowest BCUT2D eigenvalue weighted by Crippen LogP contribution is -2.31. The number of benzene rings is 3. The van der Waals surface area contributed by atoms with Gasteiger partial charge < -0.3 is 14.7 Å². The molecule has 3 aromatic rings. The van der Waals surface area contributed by atoms with Crippen molar-refractivity contribution in [1.82, 2.24) is 4.90 Å². The number of methoxy groups -OCH3 is 1. The second kappa shape index (κ2) is 8.92. The molecule has 4 rings (SSSR count). The number of amides is 1. The normalized spacial score (nSPS) is 18.1. The van der Waals surface area contributed by atoms with E-state index in [1.807, 2.05) is 36.4 Å². The van der Waals surface area contributed by atoms with Crippen molar-refractivity contribution in [3.05, 3.63) is 88.5 Å². The predicted molar refractivity (Wildman–Crippen MR) is 121 cm³/mol. The Balaban J connectivity index is 1.84. The summed E-state index contributed by atoms with van der Waals surface area (Å²) in [7, 11) is 1.59. The van der Waals surface area contributed by atoms with Gasteiger partial charge >= 0.3 is 0 Å². The maximum Gasteiger partial charge on any atom is 0.295 e. The van der Waals surface area contributed by atoms with Gasteiger partial charge in [-0.25, -0.2) is 0 Å². The molecule has 1 aliphatic heterocycles. The summed E-state index contributed by atoms with van der Waals surface area (Å²) in [6.07, 6.45) is 0.573. The molecule has 1 aliphatic rings. The highest BCUT2D eigenvalue weighted by atomic mass is 35.5. The molecule has 1 unspecified atom stereocenters. The topological polar surface area (TPSA) is 66.8 Å². The number of likely N-dealkylation sites (tertiary alicyclic amines) is 1. The number of ether oxygens (including phenoxy) is 1. The number of aliphatic hydroxyl groups excluding tert-OH is 1. The third-order valence-electron chi connectivity index (χ3n) is 5.50. The first-order valence-corrected chi connectivity index (χ1v) is 10.4. The van der Waals surface area contributed by atoms with Crippen LogP contribution in [0, 0.1) is 0 Å². The fourth-order valence-corrected chi connectivity index (χ4v) is 4.10. The molecule has 1 atom stereocenters. The Morgan fingerprint density at radius 2 is 1.74 bits per heavy atom. The van der Waals surface area contributed by atoms with Crippen molar-refractivity contribution in [3.8, 4) is 0 Å². The Morgan fingerprint density at radius 3 is 2.45 bits per heavy atom. The van der Waals surface area contributed by atoms with E-state index in [4.69, 9.17) is 16.3 Å². The van der Waals surface area contributed by atoms with Gasteiger partial charge in [-0.3, -0.25) is 9.59 Å². The first-order chi connectivity index (χ1) is 15.0. The van der Waals surface area contributed by atoms with Gasteiger partial charge in [-0.2, -0.15) is 0 Å². The lowest BCUT2D eigenvalue weighted by molar-refractivity contribution is -0.140. The van der Waals surface area contributed by atoms with E-state index >= 15 is 0 Å². The van der Waals surface area contributed by atoms with E-state index in [0.29, 0.717) is 35.7 Å². The minimum absolute atomic E-state index is 0.0834. The van der Waals surface area contributed by atoms with Crippen molar-refractivity contribution in [2.45, 2.75) is 12.5 Å². The van der Waals surface area contributed by atoms with Crippen molar-refractivity contribution < 1.29 is 19.4 Å². The van der Waals surface area contributed by atoms with Crippen LogP contribution in [0.25, 0.3) is 16.5 Å². The molecule has 1 N–H and O–H groups in total. The number of halogens is 1. The predicted octanol–water partition coefficient (Wildman–Crippen LogP) is 4.95. The van der Waals surface area contributed by atoms with Gasteiger partial charge in [0.1, 0.15) is 5.76 Å². The molecule has 0 bridgehead atoms. The number of fused-ring (bicyclic) bond motifs is 1. The fraction of sp³-hybridized carbons (Fsp3) is 0.200. The van der Waals surface area contributed by atoms with E-state index in [9.17, 15) is 14.7 Å². The molecule has 1 saturated heterocycles. The number of ketones is 1. The summed E-state index contributed by atoms with van der Waals surface area (Å²) in [6.45, 7) is 0.793. The molecule has 3 aromatic carbocycles. The van der Waals surface area contributed by atoms with Crippen molar-refractivity contribution in [3.63, 3.8) is 0 Å². The van der Waals surface area contributed by atoms with E-state index in [1.54, 1.807) is 37.4 Å². The number of carbonyl (C=O) groups excluding carboxylic acids is 2. The number of nitrogens with zero attached hydrogens (tertiary/aromatic N) is 1. The maximum absolute atomic E-state index is 13.0. The number of hydrogen-bond donors (Lipinski definition) is 1. The Morgan fingerprint density at radius 1 is 1.03 bits per heavy atom. The Kier molecular flexibility index (Phi) is 6.07. The summed E-state index contributed by atoms with van der Waals surface area (Å²) in [5, 5.41) is 13.7. The molecule has 1 amide bonds. The van der Waals surface area contributed by atoms with Crippen LogP contribution in [0.4, 0.5) is 0 Å². The fourth-order valence-electron chi connectivity index (χ4n) is 3.97. The molecule has 1 heterocycles. The van der Waals surface area contributed by atoms with E-state index in [1.165, 1.54) is 4.90 Å². The van der Waals surface area contributed by atoms with Crippen molar-refractivity contribution in [2.24, 2.45) is 0 Å². The van der Waals surface area contributed by atoms with Crippen molar-refractivity contribution in [2.75, 3.05) is 20.3 Å². The first kappa shape index (κ1) is 21.1. The Bertz CT molecular complexity index is 1170. The van der Waals surface area contributed by atoms with Crippen LogP contribution >= 0.6 is 11.6 Å². The van der Waals surface area contributed by atoms with Crippen LogP contribution in [0.5, 0.6) is 0 Å². The summed E-state index contributed by atoms with van der Waals surface area (Å²) in [4.78, 5) is 27.4. The summed E-state index contributed by atoms with van der Waals surface area (Å²) in [5.41, 5.74) is 1.29. The van der Waals surface area contributed by atoms with Crippen LogP contribution in [0.15, 0.2) is 72.3 Å². The van der Waals surface area contributed by atoms with Gasteiger partial charge in [0.15, 0.2) is 0 Å². The van der Waals surface area contributed by atoms with Gasteiger partial charge in [-0.05, 0) is 41.0 Å². The average Bonchev–Trinajstić information content (AvgIpc) is 3.04. The van der Waals surface area contributed by atoms with E-state index < -0.39 is 17.7 Å². The highest BCUT2D eigenvalue weighted by molar-refractivity contribution is 6.46. The van der Waals surface area contributed by atoms with Crippen LogP contribution in [0.3, 0.4) is 0 Å². The average molecular weight is 436 g/mol. The molecule has 0 aliphatic carbocycles. The van der Waals surface area contributed by atoms with Gasteiger partial charge in [0.05, 0.1) is 11.6 Å². The molecule has 6 heteroatoms. The summed E-state index contributed by atoms with van der Waals surface area (Å²) >= 11 is 6.04. The largest absolute Gasteiger partial charge is 0.507 e. The maximum atomic E-state index is 13.0. The summed E-state index contributed by atoms with van der Waals surface area (Å²) in [6, 6.07) is 19.5. The molecule has 0 spiro atoms. The van der Waals surface area contributed by atoms with Crippen molar-refractivity contribution >= 4 is 39.8 Å². The number of Topliss-reactive ketones (excluding diaryl/α,β-unsaturated/α-hetero) is 1. The van der Waals surface area contributed by atoms with Gasteiger partial charge in [0.25, 0.3) is 11.7 Å². The monoisotopic (exact) mass is 435 g/mol. The minimum Gasteiger partial charge on any atom is -0.507 e. The standard InChI is InChI=1S/C25H22ClNO4/c1-31-14-4-13-27-22(17-9-11-20(26)12-10-17)21(24(29)25(27)30)23(28)19-8-7-16-5-2-3-6-18(16)15-19/h2-3,5-12,15,22,28H,4,13-14H2,1H3/b23-21-. The molecule has 158 valence electrons. The van der Waals surface area contributed by atoms with Gasteiger partial charge in [-0.15, -0.1) is 0 Å². The Labute approximate surface area is 185 Å². The second-order valence-corrected chi connectivity index (χ2v) is 7.89. The van der Waals surface area contributed by atoms with E-state index in [-0.39, 0.29) is 11.3 Å². The van der Waals surface area contributed by atoms with Crippen LogP contribution in [-0.2, 0) is 14.3 Å². The molecule has 0 aromatic heterocycles. The van der Waals surface area contributed by atoms with Gasteiger partial charge in [0, 0.05) is 30.8 Å². The lowest BCUT2D eigenvalue weighted by atomic mass is 9.94. The number of carbonyl (C=O) groups is 2. The molecule has 0 radical (unpaired) electrons. The SMILES string of the molecule is COCCCN1C(=O)C(=O)/C(=C(\O)c2ccc3ccccc3c2)C1c1ccc(Cl)cc1. The number of hydrogen-bond acceptors (Lipinski definition) is 4. The second-order valence-electron chi connectivity index (χ2n) is 7.45. The quantitative estimate of drug-likeness (QED) is 0.257. The summed E-state index contributed by atoms with van der Waals surface area (Å²) < 4.78 is 5.10. The van der Waals surface area contributed by atoms with Crippen LogP contribution in [0.1, 0.15) is 23.6 Å². The molecule has 31 heavy (non-hydrogen) atoms. The minimum atomic E-state index is -0.694. The Hall–Kier alpha value is -3.15. The van der Waals surface area contributed by atoms with Crippen molar-refractivity contribution in [1.29, 1.82) is 0 Å². The van der Waals surface area contributed by atoms with Crippen LogP contribution in [-0.4, -0.2) is 42.0 Å². The molecule has 0 saturated carbocycles. The zero-order valence-electron chi connectivity index (χ0n) is 17.0. The number of aliphatic hydroxyl groups is 1. The first-order valence-electron chi connectivity index (χ1n) is 10.0. The highest BCUT2D eigenvalue weighted by Gasteiger charge is 2.45. The lowest BCUT2D eigenvalue weighted by Gasteiger charge is -2.25. The number of rotatable bonds is 6. The van der Waals surface area contributed by atoms with Crippen LogP contribution in [0.2, 0.25) is 5.02 Å². The summed E-state index contributed by atoms with van der Waals surface area (Å²) in [5.74, 6) is -1.50. The van der Waals surface area contributed by atoms with Crippen LogP contribution < -0.4 is 0 Å². The van der Waals surface area contributed by atoms with E-state index in [2.05, 4.69) is 0 Å². The molecule has 5 nitrogen and oxygen atoms in total. The molecule has 1 fully saturated rings. The highest BCUT2D eigenvalue weighted by Crippen LogP contribution is 2.40. The smallest absolute Gasteiger partial charge is 0.295 e. The zero-order valence-corrected chi connectivity index (χ0v) is 17.8. The zero-order chi connectivity index (χ0) is 22.0.